The van der Waals surface area contributed by atoms with Crippen LogP contribution in [-0.4, -0.2) is 36.0 Å². The molecule has 0 aliphatic carbocycles. The van der Waals surface area contributed by atoms with Gasteiger partial charge in [0.15, 0.2) is 5.82 Å². The third kappa shape index (κ3) is 1.65. The molecule has 1 amide bonds. The zero-order valence-corrected chi connectivity index (χ0v) is 10.3. The average molecular weight is 253 g/mol. The molecule has 6 heteroatoms. The third-order valence-electron chi connectivity index (χ3n) is 3.48. The molecule has 17 heavy (non-hydrogen) atoms. The Bertz CT molecular complexity index is 479. The number of anilines is 2. The first kappa shape index (κ1) is 10.8. The average Bonchev–Trinajstić information content (AvgIpc) is 2.42. The van der Waals surface area contributed by atoms with Gasteiger partial charge in [-0.3, -0.25) is 4.79 Å². The van der Waals surface area contributed by atoms with E-state index in [1.54, 1.807) is 18.1 Å². The number of fused-ring (bicyclic) bond motifs is 4. The number of nitrogens with zero attached hydrogens (tertiary/aromatic N) is 4. The Morgan fingerprint density at radius 1 is 1.53 bits per heavy atom. The van der Waals surface area contributed by atoms with Gasteiger partial charge < -0.3 is 9.80 Å². The first-order valence-electron chi connectivity index (χ1n) is 5.72. The minimum Gasteiger partial charge on any atom is -0.354 e. The fourth-order valence-electron chi connectivity index (χ4n) is 2.58. The van der Waals surface area contributed by atoms with Crippen molar-refractivity contribution in [1.29, 1.82) is 0 Å². The topological polar surface area (TPSA) is 49.3 Å². The van der Waals surface area contributed by atoms with E-state index in [1.807, 2.05) is 0 Å². The maximum absolute atomic E-state index is 12.2. The first-order chi connectivity index (χ1) is 8.16. The largest absolute Gasteiger partial charge is 0.354 e. The number of halogens is 1. The van der Waals surface area contributed by atoms with Gasteiger partial charge in [-0.2, -0.15) is 4.98 Å². The summed E-state index contributed by atoms with van der Waals surface area (Å²) >= 11 is 5.84. The molecule has 0 saturated carbocycles. The van der Waals surface area contributed by atoms with Crippen LogP contribution < -0.4 is 9.80 Å². The van der Waals surface area contributed by atoms with Gasteiger partial charge >= 0.3 is 0 Å². The number of rotatable bonds is 0. The van der Waals surface area contributed by atoms with Gasteiger partial charge in [0.25, 0.3) is 0 Å². The van der Waals surface area contributed by atoms with Gasteiger partial charge in [-0.15, -0.1) is 0 Å². The number of aromatic nitrogens is 2. The van der Waals surface area contributed by atoms with Gasteiger partial charge in [0.1, 0.15) is 5.69 Å². The molecule has 90 valence electrons. The van der Waals surface area contributed by atoms with E-state index in [2.05, 4.69) is 14.9 Å². The van der Waals surface area contributed by atoms with E-state index in [4.69, 9.17) is 11.6 Å². The van der Waals surface area contributed by atoms with E-state index in [0.29, 0.717) is 0 Å². The highest BCUT2D eigenvalue weighted by molar-refractivity contribution is 6.28. The number of hydrogen-bond donors (Lipinski definition) is 0. The summed E-state index contributed by atoms with van der Waals surface area (Å²) in [5.41, 5.74) is 0.754. The Kier molecular flexibility index (Phi) is 2.43. The van der Waals surface area contributed by atoms with E-state index < -0.39 is 0 Å². The van der Waals surface area contributed by atoms with Crippen molar-refractivity contribution in [3.05, 3.63) is 11.5 Å². The van der Waals surface area contributed by atoms with Crippen LogP contribution in [0.3, 0.4) is 0 Å². The molecule has 0 radical (unpaired) electrons. The molecule has 1 atom stereocenters. The maximum atomic E-state index is 12.2. The van der Waals surface area contributed by atoms with E-state index in [-0.39, 0.29) is 17.1 Å². The van der Waals surface area contributed by atoms with Gasteiger partial charge in [-0.25, -0.2) is 4.98 Å². The Labute approximate surface area is 104 Å². The first-order valence-corrected chi connectivity index (χ1v) is 6.09. The van der Waals surface area contributed by atoms with Gasteiger partial charge in [-0.05, 0) is 24.4 Å². The van der Waals surface area contributed by atoms with Crippen LogP contribution in [-0.2, 0) is 4.79 Å². The Morgan fingerprint density at radius 3 is 3.18 bits per heavy atom. The van der Waals surface area contributed by atoms with Crippen molar-refractivity contribution in [2.75, 3.05) is 29.9 Å². The molecule has 0 N–H and O–H groups in total. The molecule has 2 bridgehead atoms. The van der Waals surface area contributed by atoms with Crippen LogP contribution in [0.1, 0.15) is 12.8 Å². The van der Waals surface area contributed by atoms with E-state index >= 15 is 0 Å². The van der Waals surface area contributed by atoms with Crippen LogP contribution in [0, 0.1) is 5.92 Å². The Hall–Kier alpha value is -1.36. The van der Waals surface area contributed by atoms with Crippen LogP contribution in [0.5, 0.6) is 0 Å². The maximum Gasteiger partial charge on any atom is 0.231 e. The summed E-state index contributed by atoms with van der Waals surface area (Å²) in [7, 11) is 1.78. The quantitative estimate of drug-likeness (QED) is 0.654. The highest BCUT2D eigenvalue weighted by atomic mass is 35.5. The summed E-state index contributed by atoms with van der Waals surface area (Å²) in [5.74, 6) is 1.00. The lowest BCUT2D eigenvalue weighted by Crippen LogP contribution is -2.40. The molecule has 0 spiro atoms. The molecule has 3 rings (SSSR count). The Balaban J connectivity index is 2.14. The third-order valence-corrected chi connectivity index (χ3v) is 3.66. The fourth-order valence-corrected chi connectivity index (χ4v) is 2.71. The number of piperidine rings is 1. The molecular weight excluding hydrogens is 240 g/mol. The standard InChI is InChI=1S/C11H13ClN4O/c1-15-8-5-13-11(12)14-9(8)16-4-2-3-7(6-16)10(15)17/h5,7H,2-4,6H2,1H3. The second-order valence-electron chi connectivity index (χ2n) is 4.53. The van der Waals surface area contributed by atoms with E-state index in [9.17, 15) is 4.79 Å². The van der Waals surface area contributed by atoms with Gasteiger partial charge in [-0.1, -0.05) is 0 Å². The fraction of sp³-hybridized carbons (Fsp3) is 0.545. The molecular formula is C11H13ClN4O. The zero-order chi connectivity index (χ0) is 12.0. The summed E-state index contributed by atoms with van der Waals surface area (Å²) in [4.78, 5) is 24.2. The second kappa shape index (κ2) is 3.84. The molecule has 5 nitrogen and oxygen atoms in total. The lowest BCUT2D eigenvalue weighted by atomic mass is 9.98. The van der Waals surface area contributed by atoms with Crippen molar-refractivity contribution >= 4 is 29.0 Å². The van der Waals surface area contributed by atoms with Crippen LogP contribution in [0.2, 0.25) is 5.28 Å². The van der Waals surface area contributed by atoms with Crippen molar-refractivity contribution < 1.29 is 4.79 Å². The molecule has 3 heterocycles. The summed E-state index contributed by atoms with van der Waals surface area (Å²) in [6.07, 6.45) is 3.60. The van der Waals surface area contributed by atoms with E-state index in [0.717, 1.165) is 37.4 Å². The Morgan fingerprint density at radius 2 is 2.35 bits per heavy atom. The molecule has 1 aromatic rings. The minimum atomic E-state index is 0.0710. The monoisotopic (exact) mass is 252 g/mol. The zero-order valence-electron chi connectivity index (χ0n) is 9.56. The summed E-state index contributed by atoms with van der Waals surface area (Å²) in [6, 6.07) is 0. The molecule has 1 saturated heterocycles. The van der Waals surface area contributed by atoms with Crippen molar-refractivity contribution in [3.8, 4) is 0 Å². The van der Waals surface area contributed by atoms with Gasteiger partial charge in [0.2, 0.25) is 11.2 Å². The lowest BCUT2D eigenvalue weighted by molar-refractivity contribution is -0.122. The molecule has 1 unspecified atom stereocenters. The summed E-state index contributed by atoms with van der Waals surface area (Å²) in [6.45, 7) is 1.67. The van der Waals surface area contributed by atoms with Crippen molar-refractivity contribution in [2.45, 2.75) is 12.8 Å². The van der Waals surface area contributed by atoms with Gasteiger partial charge in [0, 0.05) is 20.1 Å². The summed E-state index contributed by atoms with van der Waals surface area (Å²) < 4.78 is 0. The van der Waals surface area contributed by atoms with Crippen molar-refractivity contribution in [2.24, 2.45) is 5.92 Å². The number of carbonyl (C=O) groups excluding carboxylic acids is 1. The van der Waals surface area contributed by atoms with Crippen LogP contribution in [0.15, 0.2) is 6.20 Å². The van der Waals surface area contributed by atoms with Crippen molar-refractivity contribution in [1.82, 2.24) is 9.97 Å². The molecule has 1 fully saturated rings. The minimum absolute atomic E-state index is 0.0710. The molecule has 2 aliphatic rings. The summed E-state index contributed by atoms with van der Waals surface area (Å²) in [5, 5.41) is 0.230. The number of hydrogen-bond acceptors (Lipinski definition) is 4. The number of amides is 1. The SMILES string of the molecule is CN1C(=O)C2CCCN(C2)c2nc(Cl)ncc21. The lowest BCUT2D eigenvalue weighted by Gasteiger charge is -2.29. The van der Waals surface area contributed by atoms with E-state index in [1.165, 1.54) is 0 Å². The van der Waals surface area contributed by atoms with Gasteiger partial charge in [0.05, 0.1) is 12.1 Å². The highest BCUT2D eigenvalue weighted by Crippen LogP contribution is 2.35. The van der Waals surface area contributed by atoms with Crippen LogP contribution in [0.25, 0.3) is 0 Å². The predicted molar refractivity (Wildman–Crippen MR) is 65.4 cm³/mol. The normalized spacial score (nSPS) is 23.4. The van der Waals surface area contributed by atoms with Crippen LogP contribution >= 0.6 is 11.6 Å². The second-order valence-corrected chi connectivity index (χ2v) is 4.87. The van der Waals surface area contributed by atoms with Crippen LogP contribution in [0.4, 0.5) is 11.5 Å². The molecule has 2 aliphatic heterocycles. The predicted octanol–water partition coefficient (Wildman–Crippen LogP) is 1.32. The highest BCUT2D eigenvalue weighted by Gasteiger charge is 2.35. The number of carbonyl (C=O) groups is 1. The smallest absolute Gasteiger partial charge is 0.231 e. The molecule has 1 aromatic heterocycles. The molecule has 0 aromatic carbocycles. The van der Waals surface area contributed by atoms with Crippen molar-refractivity contribution in [3.63, 3.8) is 0 Å².